The van der Waals surface area contributed by atoms with Gasteiger partial charge in [-0.2, -0.15) is 23.4 Å². The fourth-order valence-electron chi connectivity index (χ4n) is 3.85. The Bertz CT molecular complexity index is 1110. The van der Waals surface area contributed by atoms with Crippen molar-refractivity contribution in [3.8, 4) is 0 Å². The molecule has 1 unspecified atom stereocenters. The molecule has 0 radical (unpaired) electrons. The van der Waals surface area contributed by atoms with Crippen molar-refractivity contribution in [1.29, 1.82) is 0 Å². The Kier molecular flexibility index (Phi) is 4.82. The molecule has 10 heteroatoms. The monoisotopic (exact) mass is 420 g/mol. The van der Waals surface area contributed by atoms with Crippen molar-refractivity contribution >= 4 is 11.6 Å². The third-order valence-electron chi connectivity index (χ3n) is 5.67. The van der Waals surface area contributed by atoms with Gasteiger partial charge in [-0.05, 0) is 31.7 Å². The minimum Gasteiger partial charge on any atom is -0.330 e. The summed E-state index contributed by atoms with van der Waals surface area (Å²) in [6.07, 6.45) is -1.66. The number of fused-ring (bicyclic) bond motifs is 1. The first kappa shape index (κ1) is 20.4. The van der Waals surface area contributed by atoms with E-state index in [9.17, 15) is 18.0 Å². The van der Waals surface area contributed by atoms with Crippen LogP contribution in [0.5, 0.6) is 0 Å². The summed E-state index contributed by atoms with van der Waals surface area (Å²) in [5.74, 6) is -0.348. The molecule has 160 valence electrons. The van der Waals surface area contributed by atoms with E-state index in [1.165, 1.54) is 6.20 Å². The van der Waals surface area contributed by atoms with Crippen molar-refractivity contribution in [3.05, 3.63) is 46.7 Å². The van der Waals surface area contributed by atoms with Gasteiger partial charge in [-0.15, -0.1) is 0 Å². The summed E-state index contributed by atoms with van der Waals surface area (Å²) in [5.41, 5.74) is 1.28. The van der Waals surface area contributed by atoms with Crippen LogP contribution in [0.25, 0.3) is 5.65 Å². The first-order valence-electron chi connectivity index (χ1n) is 9.85. The second-order valence-corrected chi connectivity index (χ2v) is 7.98. The van der Waals surface area contributed by atoms with Gasteiger partial charge in [-0.1, -0.05) is 13.8 Å². The lowest BCUT2D eigenvalue weighted by molar-refractivity contribution is -0.142. The molecule has 4 rings (SSSR count). The molecular weight excluding hydrogens is 397 g/mol. The molecule has 1 fully saturated rings. The number of amides is 1. The van der Waals surface area contributed by atoms with Gasteiger partial charge in [-0.25, -0.2) is 9.50 Å². The Morgan fingerprint density at radius 3 is 2.60 bits per heavy atom. The Hall–Kier alpha value is -2.91. The van der Waals surface area contributed by atoms with Crippen molar-refractivity contribution in [2.75, 3.05) is 6.54 Å². The van der Waals surface area contributed by atoms with Crippen molar-refractivity contribution in [2.24, 2.45) is 7.05 Å². The third-order valence-corrected chi connectivity index (χ3v) is 5.67. The van der Waals surface area contributed by atoms with E-state index >= 15 is 0 Å². The molecule has 1 atom stereocenters. The van der Waals surface area contributed by atoms with Crippen molar-refractivity contribution < 1.29 is 18.0 Å². The van der Waals surface area contributed by atoms with E-state index in [0.717, 1.165) is 22.7 Å². The van der Waals surface area contributed by atoms with Gasteiger partial charge in [0.25, 0.3) is 5.91 Å². The quantitative estimate of drug-likeness (QED) is 0.645. The number of likely N-dealkylation sites (tertiary alicyclic amines) is 1. The average Bonchev–Trinajstić information content (AvgIpc) is 3.38. The molecule has 1 saturated heterocycles. The first-order valence-corrected chi connectivity index (χ1v) is 9.85. The lowest BCUT2D eigenvalue weighted by Gasteiger charge is -2.23. The maximum atomic E-state index is 13.7. The minimum absolute atomic E-state index is 0.139. The van der Waals surface area contributed by atoms with Crippen LogP contribution in [0, 0.1) is 6.92 Å². The highest BCUT2D eigenvalue weighted by atomic mass is 19.4. The van der Waals surface area contributed by atoms with Crippen LogP contribution in [0.4, 0.5) is 13.2 Å². The van der Waals surface area contributed by atoms with Crippen molar-refractivity contribution in [1.82, 2.24) is 29.3 Å². The van der Waals surface area contributed by atoms with Crippen LogP contribution in [0.15, 0.2) is 18.3 Å². The van der Waals surface area contributed by atoms with Crippen LogP contribution in [0.3, 0.4) is 0 Å². The molecule has 3 aromatic rings. The Balaban J connectivity index is 1.77. The number of aromatic nitrogens is 5. The standard InChI is InChI=1S/C20H23F3N6O/c1-11(2)14-8-17(20(21,22)23)29-18(25-14)9-15(26-29)16-6-5-7-28(16)19(30)13-10-24-27(4)12(13)3/h8-11,16H,5-7H2,1-4H3. The van der Waals surface area contributed by atoms with E-state index in [4.69, 9.17) is 0 Å². The van der Waals surface area contributed by atoms with Crippen LogP contribution < -0.4 is 0 Å². The van der Waals surface area contributed by atoms with E-state index in [1.54, 1.807) is 36.5 Å². The molecule has 3 aromatic heterocycles. The Labute approximate surface area is 171 Å². The minimum atomic E-state index is -4.56. The highest BCUT2D eigenvalue weighted by Gasteiger charge is 2.37. The lowest BCUT2D eigenvalue weighted by Crippen LogP contribution is -2.31. The van der Waals surface area contributed by atoms with E-state index in [1.807, 2.05) is 6.92 Å². The number of hydrogen-bond acceptors (Lipinski definition) is 4. The molecule has 0 aromatic carbocycles. The summed E-state index contributed by atoms with van der Waals surface area (Å²) in [4.78, 5) is 19.1. The molecule has 1 aliphatic heterocycles. The predicted octanol–water partition coefficient (Wildman–Crippen LogP) is 3.89. The molecule has 0 saturated carbocycles. The van der Waals surface area contributed by atoms with Crippen molar-refractivity contribution in [2.45, 2.75) is 51.7 Å². The zero-order valence-electron chi connectivity index (χ0n) is 17.2. The lowest BCUT2D eigenvalue weighted by atomic mass is 10.1. The van der Waals surface area contributed by atoms with Gasteiger partial charge >= 0.3 is 6.18 Å². The maximum Gasteiger partial charge on any atom is 0.433 e. The summed E-state index contributed by atoms with van der Waals surface area (Å²) in [6.45, 7) is 5.92. The molecular formula is C20H23F3N6O. The molecule has 1 amide bonds. The van der Waals surface area contributed by atoms with Crippen LogP contribution in [-0.2, 0) is 13.2 Å². The van der Waals surface area contributed by atoms with Gasteiger partial charge in [0.15, 0.2) is 5.65 Å². The fraction of sp³-hybridized carbons (Fsp3) is 0.500. The van der Waals surface area contributed by atoms with E-state index in [-0.39, 0.29) is 17.5 Å². The molecule has 4 heterocycles. The van der Waals surface area contributed by atoms with Crippen molar-refractivity contribution in [3.63, 3.8) is 0 Å². The van der Waals surface area contributed by atoms with E-state index in [2.05, 4.69) is 15.2 Å². The number of alkyl halides is 3. The predicted molar refractivity (Wildman–Crippen MR) is 103 cm³/mol. The van der Waals surface area contributed by atoms with E-state index < -0.39 is 17.9 Å². The molecule has 0 spiro atoms. The topological polar surface area (TPSA) is 68.3 Å². The SMILES string of the molecule is Cc1c(C(=O)N2CCCC2c2cc3nc(C(C)C)cc(C(F)(F)F)n3n2)cnn1C. The number of halogens is 3. The zero-order valence-corrected chi connectivity index (χ0v) is 17.2. The first-order chi connectivity index (χ1) is 14.1. The van der Waals surface area contributed by atoms with Gasteiger partial charge in [0.2, 0.25) is 0 Å². The molecule has 0 N–H and O–H groups in total. The van der Waals surface area contributed by atoms with Crippen LogP contribution >= 0.6 is 0 Å². The van der Waals surface area contributed by atoms with Gasteiger partial charge in [0.1, 0.15) is 5.69 Å². The summed E-state index contributed by atoms with van der Waals surface area (Å²) in [5, 5.41) is 8.36. The third kappa shape index (κ3) is 3.33. The number of hydrogen-bond donors (Lipinski definition) is 0. The summed E-state index contributed by atoms with van der Waals surface area (Å²) in [7, 11) is 1.76. The van der Waals surface area contributed by atoms with Crippen LogP contribution in [-0.4, -0.2) is 41.7 Å². The van der Waals surface area contributed by atoms with Gasteiger partial charge < -0.3 is 4.90 Å². The van der Waals surface area contributed by atoms with Crippen LogP contribution in [0.1, 0.15) is 71.8 Å². The zero-order chi connectivity index (χ0) is 21.8. The summed E-state index contributed by atoms with van der Waals surface area (Å²) < 4.78 is 43.4. The number of rotatable bonds is 3. The second-order valence-electron chi connectivity index (χ2n) is 7.98. The number of aryl methyl sites for hydroxylation is 1. The van der Waals surface area contributed by atoms with E-state index in [0.29, 0.717) is 29.9 Å². The average molecular weight is 420 g/mol. The number of nitrogens with zero attached hydrogens (tertiary/aromatic N) is 6. The molecule has 1 aliphatic rings. The largest absolute Gasteiger partial charge is 0.433 e. The second kappa shape index (κ2) is 7.10. The Morgan fingerprint density at radius 1 is 1.27 bits per heavy atom. The van der Waals surface area contributed by atoms with Gasteiger partial charge in [0.05, 0.1) is 23.5 Å². The number of carbonyl (C=O) groups is 1. The normalized spacial score (nSPS) is 17.5. The van der Waals surface area contributed by atoms with Gasteiger partial charge in [-0.3, -0.25) is 9.48 Å². The number of carbonyl (C=O) groups excluding carboxylic acids is 1. The molecule has 7 nitrogen and oxygen atoms in total. The highest BCUT2D eigenvalue weighted by molar-refractivity contribution is 5.95. The summed E-state index contributed by atoms with van der Waals surface area (Å²) >= 11 is 0. The maximum absolute atomic E-state index is 13.7. The highest BCUT2D eigenvalue weighted by Crippen LogP contribution is 2.36. The Morgan fingerprint density at radius 2 is 2.00 bits per heavy atom. The smallest absolute Gasteiger partial charge is 0.330 e. The van der Waals surface area contributed by atoms with Crippen LogP contribution in [0.2, 0.25) is 0 Å². The molecule has 30 heavy (non-hydrogen) atoms. The molecule has 0 aliphatic carbocycles. The fourth-order valence-corrected chi connectivity index (χ4v) is 3.85. The molecule has 0 bridgehead atoms. The summed E-state index contributed by atoms with van der Waals surface area (Å²) in [6, 6.07) is 2.21. The van der Waals surface area contributed by atoms with Gasteiger partial charge in [0, 0.05) is 31.0 Å².